The first-order valence-corrected chi connectivity index (χ1v) is 8.43. The van der Waals surface area contributed by atoms with Crippen LogP contribution >= 0.6 is 0 Å². The Hall–Kier alpha value is -2.83. The summed E-state index contributed by atoms with van der Waals surface area (Å²) in [4.78, 5) is 30.5. The topological polar surface area (TPSA) is 69.9 Å². The van der Waals surface area contributed by atoms with Gasteiger partial charge in [0.25, 0.3) is 5.91 Å². The Labute approximate surface area is 145 Å². The zero-order valence-corrected chi connectivity index (χ0v) is 14.1. The van der Waals surface area contributed by atoms with Crippen LogP contribution in [0.25, 0.3) is 0 Å². The van der Waals surface area contributed by atoms with Crippen LogP contribution in [0.15, 0.2) is 41.1 Å². The predicted octanol–water partition coefficient (Wildman–Crippen LogP) is 1.75. The number of carbonyl (C=O) groups is 2. The van der Waals surface area contributed by atoms with Crippen LogP contribution in [0, 0.1) is 6.92 Å². The number of hydrogen-bond donors (Lipinski definition) is 0. The van der Waals surface area contributed by atoms with Crippen molar-refractivity contribution in [1.29, 1.82) is 0 Å². The van der Waals surface area contributed by atoms with E-state index in [0.29, 0.717) is 32.7 Å². The molecule has 2 aliphatic rings. The highest BCUT2D eigenvalue weighted by Crippen LogP contribution is 2.23. The number of piperazine rings is 1. The molecular formula is C18H20N4O3. The summed E-state index contributed by atoms with van der Waals surface area (Å²) in [5.74, 6) is 0.0795. The fraction of sp³-hybridized carbons (Fsp3) is 0.389. The number of fused-ring (bicyclic) bond motifs is 1. The van der Waals surface area contributed by atoms with Crippen LogP contribution < -0.4 is 0 Å². The van der Waals surface area contributed by atoms with Crippen molar-refractivity contribution >= 4 is 11.9 Å². The number of urea groups is 1. The molecule has 0 radical (unpaired) electrons. The second kappa shape index (κ2) is 6.23. The number of benzene rings is 1. The number of aryl methyl sites for hydroxylation is 1. The van der Waals surface area contributed by atoms with Crippen LogP contribution in [0.3, 0.4) is 0 Å². The zero-order valence-electron chi connectivity index (χ0n) is 14.1. The molecule has 0 unspecified atom stereocenters. The number of aromatic nitrogens is 1. The monoisotopic (exact) mass is 340 g/mol. The van der Waals surface area contributed by atoms with Crippen LogP contribution in [-0.2, 0) is 6.54 Å². The molecule has 2 saturated heterocycles. The number of rotatable bonds is 3. The van der Waals surface area contributed by atoms with Crippen molar-refractivity contribution < 1.29 is 14.1 Å². The molecule has 0 N–H and O–H groups in total. The van der Waals surface area contributed by atoms with Gasteiger partial charge in [-0.05, 0) is 12.5 Å². The maximum absolute atomic E-state index is 12.6. The molecule has 2 aliphatic heterocycles. The second-order valence-corrected chi connectivity index (χ2v) is 6.62. The van der Waals surface area contributed by atoms with Crippen LogP contribution in [0.4, 0.5) is 4.79 Å². The quantitative estimate of drug-likeness (QED) is 0.853. The Bertz CT molecular complexity index is 772. The molecule has 7 nitrogen and oxygen atoms in total. The summed E-state index contributed by atoms with van der Waals surface area (Å²) in [7, 11) is 0. The Morgan fingerprint density at radius 1 is 1.20 bits per heavy atom. The van der Waals surface area contributed by atoms with E-state index in [4.69, 9.17) is 4.52 Å². The number of carbonyl (C=O) groups excluding carboxylic acids is 2. The summed E-state index contributed by atoms with van der Waals surface area (Å²) < 4.78 is 4.96. The Balaban J connectivity index is 1.43. The van der Waals surface area contributed by atoms with E-state index in [1.165, 1.54) is 11.8 Å². The molecule has 3 amide bonds. The summed E-state index contributed by atoms with van der Waals surface area (Å²) in [5, 5.41) is 3.59. The van der Waals surface area contributed by atoms with Gasteiger partial charge in [-0.15, -0.1) is 0 Å². The summed E-state index contributed by atoms with van der Waals surface area (Å²) in [6.07, 6.45) is 1.46. The van der Waals surface area contributed by atoms with Gasteiger partial charge in [0.2, 0.25) is 5.76 Å². The van der Waals surface area contributed by atoms with Gasteiger partial charge in [-0.2, -0.15) is 0 Å². The number of hydrogen-bond acceptors (Lipinski definition) is 4. The maximum atomic E-state index is 12.6. The average molecular weight is 340 g/mol. The summed E-state index contributed by atoms with van der Waals surface area (Å²) in [5.41, 5.74) is 2.32. The van der Waals surface area contributed by atoms with E-state index < -0.39 is 0 Å². The number of amides is 3. The van der Waals surface area contributed by atoms with Crippen LogP contribution in [0.5, 0.6) is 0 Å². The van der Waals surface area contributed by atoms with Crippen molar-refractivity contribution in [3.8, 4) is 0 Å². The van der Waals surface area contributed by atoms with Gasteiger partial charge in [0, 0.05) is 38.8 Å². The van der Waals surface area contributed by atoms with Crippen molar-refractivity contribution in [3.05, 3.63) is 53.4 Å². The molecule has 0 spiro atoms. The van der Waals surface area contributed by atoms with Crippen molar-refractivity contribution in [2.75, 3.05) is 26.2 Å². The van der Waals surface area contributed by atoms with E-state index in [1.54, 1.807) is 11.0 Å². The third-order valence-corrected chi connectivity index (χ3v) is 4.86. The largest absolute Gasteiger partial charge is 0.351 e. The van der Waals surface area contributed by atoms with Crippen LogP contribution in [0.1, 0.15) is 21.7 Å². The zero-order chi connectivity index (χ0) is 17.4. The minimum atomic E-state index is -0.165. The molecule has 130 valence electrons. The van der Waals surface area contributed by atoms with Crippen molar-refractivity contribution in [1.82, 2.24) is 19.9 Å². The van der Waals surface area contributed by atoms with Gasteiger partial charge >= 0.3 is 6.03 Å². The van der Waals surface area contributed by atoms with Gasteiger partial charge in [-0.3, -0.25) is 4.79 Å². The fourth-order valence-electron chi connectivity index (χ4n) is 3.49. The molecule has 7 heteroatoms. The van der Waals surface area contributed by atoms with Gasteiger partial charge in [-0.1, -0.05) is 35.0 Å². The Morgan fingerprint density at radius 2 is 2.00 bits per heavy atom. The molecule has 25 heavy (non-hydrogen) atoms. The third kappa shape index (κ3) is 2.97. The van der Waals surface area contributed by atoms with E-state index in [2.05, 4.69) is 29.4 Å². The molecule has 1 aromatic carbocycles. The highest BCUT2D eigenvalue weighted by atomic mass is 16.5. The molecule has 1 atom stereocenters. The molecule has 3 heterocycles. The minimum Gasteiger partial charge on any atom is -0.351 e. The molecule has 2 aromatic rings. The third-order valence-electron chi connectivity index (χ3n) is 4.86. The maximum Gasteiger partial charge on any atom is 0.320 e. The summed E-state index contributed by atoms with van der Waals surface area (Å²) >= 11 is 0. The van der Waals surface area contributed by atoms with Gasteiger partial charge in [0.1, 0.15) is 0 Å². The molecule has 2 fully saturated rings. The molecule has 0 aliphatic carbocycles. The first-order valence-electron chi connectivity index (χ1n) is 8.43. The Kier molecular flexibility index (Phi) is 3.91. The van der Waals surface area contributed by atoms with Gasteiger partial charge < -0.3 is 19.2 Å². The van der Waals surface area contributed by atoms with Crippen molar-refractivity contribution in [2.45, 2.75) is 19.5 Å². The van der Waals surface area contributed by atoms with Crippen LogP contribution in [-0.4, -0.2) is 64.0 Å². The second-order valence-electron chi connectivity index (χ2n) is 6.62. The van der Waals surface area contributed by atoms with E-state index in [0.717, 1.165) is 5.56 Å². The van der Waals surface area contributed by atoms with Gasteiger partial charge in [0.15, 0.2) is 0 Å². The predicted molar refractivity (Wildman–Crippen MR) is 89.9 cm³/mol. The highest BCUT2D eigenvalue weighted by molar-refractivity contribution is 5.91. The Morgan fingerprint density at radius 3 is 2.72 bits per heavy atom. The smallest absolute Gasteiger partial charge is 0.320 e. The standard InChI is InChI=1S/C18H20N4O3/c1-13-2-4-14(5-3-13)10-21-12-15-11-20(8-9-22(15)18(21)24)17(23)16-6-7-19-25-16/h2-7,15H,8-12H2,1H3/t15-/m1/s1. The van der Waals surface area contributed by atoms with E-state index in [-0.39, 0.29) is 23.7 Å². The molecule has 1 aromatic heterocycles. The van der Waals surface area contributed by atoms with Crippen molar-refractivity contribution in [2.24, 2.45) is 0 Å². The summed E-state index contributed by atoms with van der Waals surface area (Å²) in [6, 6.07) is 9.87. The molecular weight excluding hydrogens is 320 g/mol. The first-order chi connectivity index (χ1) is 12.1. The lowest BCUT2D eigenvalue weighted by atomic mass is 10.1. The van der Waals surface area contributed by atoms with E-state index in [1.807, 2.05) is 16.7 Å². The lowest BCUT2D eigenvalue weighted by Gasteiger charge is -2.35. The normalized spacial score (nSPS) is 20.1. The minimum absolute atomic E-state index is 0.0265. The molecule has 0 saturated carbocycles. The van der Waals surface area contributed by atoms with Gasteiger partial charge in [-0.25, -0.2) is 4.79 Å². The lowest BCUT2D eigenvalue weighted by molar-refractivity contribution is 0.0577. The highest BCUT2D eigenvalue weighted by Gasteiger charge is 2.41. The number of nitrogens with zero attached hydrogens (tertiary/aromatic N) is 4. The fourth-order valence-corrected chi connectivity index (χ4v) is 3.49. The van der Waals surface area contributed by atoms with E-state index >= 15 is 0 Å². The van der Waals surface area contributed by atoms with Crippen molar-refractivity contribution in [3.63, 3.8) is 0 Å². The van der Waals surface area contributed by atoms with Crippen LogP contribution in [0.2, 0.25) is 0 Å². The van der Waals surface area contributed by atoms with Gasteiger partial charge in [0.05, 0.1) is 12.2 Å². The lowest BCUT2D eigenvalue weighted by Crippen LogP contribution is -2.53. The van der Waals surface area contributed by atoms with E-state index in [9.17, 15) is 9.59 Å². The summed E-state index contributed by atoms with van der Waals surface area (Å²) in [6.45, 7) is 4.86. The average Bonchev–Trinajstić information content (AvgIpc) is 3.25. The molecule has 0 bridgehead atoms. The first kappa shape index (κ1) is 15.7. The SMILES string of the molecule is Cc1ccc(CN2C[C@H]3CN(C(=O)c4ccno4)CCN3C2=O)cc1. The molecule has 4 rings (SSSR count).